The summed E-state index contributed by atoms with van der Waals surface area (Å²) in [4.78, 5) is 0. The lowest BCUT2D eigenvalue weighted by atomic mass is 9.81. The van der Waals surface area contributed by atoms with E-state index in [9.17, 15) is 0 Å². The highest BCUT2D eigenvalue weighted by molar-refractivity contribution is 6.30. The van der Waals surface area contributed by atoms with Crippen LogP contribution in [0.25, 0.3) is 22.4 Å². The molecule has 0 N–H and O–H groups in total. The van der Waals surface area contributed by atoms with E-state index < -0.39 is 0 Å². The monoisotopic (exact) mass is 438 g/mol. The highest BCUT2D eigenvalue weighted by Gasteiger charge is 2.35. The van der Waals surface area contributed by atoms with Crippen LogP contribution in [-0.4, -0.2) is 0 Å². The van der Waals surface area contributed by atoms with Crippen LogP contribution >= 0.6 is 11.6 Å². The van der Waals surface area contributed by atoms with Crippen molar-refractivity contribution in [1.29, 1.82) is 0 Å². The number of hydrogen-bond acceptors (Lipinski definition) is 0. The Balaban J connectivity index is 1.83. The standard InChI is InChI=1S/C30H29ClN/c1-30(2,3)28-19-27(22-9-5-4-6-10-22)26-18-15-23-11-7-8-12-25(23)29(26)32(28)20-21-13-16-24(31)17-14-21/h4-14,16-17,19H,15,18,20H2,1-3H3/q+1. The largest absolute Gasteiger partial charge is 0.217 e. The fourth-order valence-corrected chi connectivity index (χ4v) is 5.06. The Kier molecular flexibility index (Phi) is 5.39. The molecular weight excluding hydrogens is 410 g/mol. The Hall–Kier alpha value is -2.90. The molecule has 1 aliphatic carbocycles. The molecule has 1 aromatic heterocycles. The highest BCUT2D eigenvalue weighted by Crippen LogP contribution is 2.39. The molecular formula is C30H29ClN+. The second-order valence-corrected chi connectivity index (χ2v) is 10.2. The van der Waals surface area contributed by atoms with Gasteiger partial charge in [-0.25, -0.2) is 0 Å². The minimum Gasteiger partial charge on any atom is -0.190 e. The number of aromatic nitrogens is 1. The summed E-state index contributed by atoms with van der Waals surface area (Å²) in [5.74, 6) is 0. The van der Waals surface area contributed by atoms with Crippen LogP contribution in [0.3, 0.4) is 0 Å². The molecule has 1 heterocycles. The number of halogens is 1. The van der Waals surface area contributed by atoms with E-state index >= 15 is 0 Å². The van der Waals surface area contributed by atoms with Gasteiger partial charge in [-0.1, -0.05) is 93.0 Å². The van der Waals surface area contributed by atoms with Gasteiger partial charge in [0.15, 0.2) is 12.2 Å². The Bertz CT molecular complexity index is 1260. The SMILES string of the molecule is CC(C)(C)c1cc(-c2ccccc2)c2c([n+]1Cc1ccc(Cl)cc1)-c1ccccc1CC2. The van der Waals surface area contributed by atoms with Crippen molar-refractivity contribution < 1.29 is 4.57 Å². The summed E-state index contributed by atoms with van der Waals surface area (Å²) in [7, 11) is 0. The van der Waals surface area contributed by atoms with Crippen LogP contribution in [0.15, 0.2) is 84.9 Å². The molecule has 0 saturated heterocycles. The number of aryl methyl sites for hydroxylation is 1. The summed E-state index contributed by atoms with van der Waals surface area (Å²) in [6.07, 6.45) is 2.14. The van der Waals surface area contributed by atoms with Crippen LogP contribution in [0, 0.1) is 0 Å². The first-order valence-corrected chi connectivity index (χ1v) is 11.8. The Morgan fingerprint density at radius 1 is 0.781 bits per heavy atom. The molecule has 0 unspecified atom stereocenters. The van der Waals surface area contributed by atoms with Crippen LogP contribution in [0.1, 0.15) is 43.2 Å². The van der Waals surface area contributed by atoms with Crippen molar-refractivity contribution >= 4 is 11.6 Å². The lowest BCUT2D eigenvalue weighted by Crippen LogP contribution is -2.47. The van der Waals surface area contributed by atoms with Crippen LogP contribution in [0.5, 0.6) is 0 Å². The van der Waals surface area contributed by atoms with Crippen LogP contribution in [0.4, 0.5) is 0 Å². The molecule has 0 saturated carbocycles. The van der Waals surface area contributed by atoms with E-state index in [2.05, 4.69) is 98.1 Å². The first-order chi connectivity index (χ1) is 15.4. The van der Waals surface area contributed by atoms with Crippen molar-refractivity contribution in [3.05, 3.63) is 112 Å². The second-order valence-electron chi connectivity index (χ2n) is 9.76. The molecule has 0 bridgehead atoms. The van der Waals surface area contributed by atoms with Crippen LogP contribution in [0.2, 0.25) is 5.02 Å². The molecule has 2 heteroatoms. The second kappa shape index (κ2) is 8.22. The molecule has 0 radical (unpaired) electrons. The van der Waals surface area contributed by atoms with E-state index in [1.807, 2.05) is 12.1 Å². The lowest BCUT2D eigenvalue weighted by molar-refractivity contribution is -0.688. The predicted molar refractivity (Wildman–Crippen MR) is 134 cm³/mol. The molecule has 1 aliphatic rings. The van der Waals surface area contributed by atoms with Crippen LogP contribution in [-0.2, 0) is 24.8 Å². The third kappa shape index (κ3) is 3.87. The average molecular weight is 439 g/mol. The predicted octanol–water partition coefficient (Wildman–Crippen LogP) is 7.41. The maximum atomic E-state index is 6.18. The summed E-state index contributed by atoms with van der Waals surface area (Å²) in [6, 6.07) is 30.5. The topological polar surface area (TPSA) is 3.88 Å². The third-order valence-corrected chi connectivity index (χ3v) is 6.73. The maximum absolute atomic E-state index is 6.18. The first kappa shape index (κ1) is 21.0. The van der Waals surface area contributed by atoms with E-state index in [1.54, 1.807) is 0 Å². The molecule has 1 nitrogen and oxygen atoms in total. The van der Waals surface area contributed by atoms with E-state index in [-0.39, 0.29) is 5.41 Å². The molecule has 0 spiro atoms. The molecule has 4 aromatic rings. The number of benzene rings is 3. The number of nitrogens with zero attached hydrogens (tertiary/aromatic N) is 1. The summed E-state index contributed by atoms with van der Waals surface area (Å²) in [5, 5.41) is 0.779. The smallest absolute Gasteiger partial charge is 0.190 e. The fraction of sp³-hybridized carbons (Fsp3) is 0.233. The zero-order valence-electron chi connectivity index (χ0n) is 19.0. The third-order valence-electron chi connectivity index (χ3n) is 6.48. The molecule has 32 heavy (non-hydrogen) atoms. The zero-order valence-corrected chi connectivity index (χ0v) is 19.8. The summed E-state index contributed by atoms with van der Waals surface area (Å²) >= 11 is 6.18. The van der Waals surface area contributed by atoms with Crippen molar-refractivity contribution in [3.8, 4) is 22.4 Å². The molecule has 0 atom stereocenters. The zero-order chi connectivity index (χ0) is 22.3. The van der Waals surface area contributed by atoms with Crippen molar-refractivity contribution in [2.45, 2.75) is 45.6 Å². The van der Waals surface area contributed by atoms with Gasteiger partial charge in [-0.05, 0) is 47.7 Å². The molecule has 3 aromatic carbocycles. The van der Waals surface area contributed by atoms with Gasteiger partial charge >= 0.3 is 0 Å². The van der Waals surface area contributed by atoms with Gasteiger partial charge in [-0.15, -0.1) is 0 Å². The minimum atomic E-state index is -0.00260. The maximum Gasteiger partial charge on any atom is 0.217 e. The van der Waals surface area contributed by atoms with Crippen LogP contribution < -0.4 is 4.57 Å². The summed E-state index contributed by atoms with van der Waals surface area (Å²) < 4.78 is 2.56. The number of hydrogen-bond donors (Lipinski definition) is 0. The van der Waals surface area contributed by atoms with Gasteiger partial charge in [0.05, 0.1) is 0 Å². The molecule has 0 amide bonds. The fourth-order valence-electron chi connectivity index (χ4n) is 4.94. The quantitative estimate of drug-likeness (QED) is 0.293. The lowest BCUT2D eigenvalue weighted by Gasteiger charge is -2.26. The normalized spacial score (nSPS) is 12.9. The van der Waals surface area contributed by atoms with Gasteiger partial charge < -0.3 is 0 Å². The molecule has 0 aliphatic heterocycles. The van der Waals surface area contributed by atoms with Gasteiger partial charge in [-0.3, -0.25) is 0 Å². The van der Waals surface area contributed by atoms with E-state index in [0.717, 1.165) is 24.4 Å². The number of fused-ring (bicyclic) bond motifs is 3. The molecule has 5 rings (SSSR count). The van der Waals surface area contributed by atoms with E-state index in [1.165, 1.54) is 44.8 Å². The van der Waals surface area contributed by atoms with Crippen molar-refractivity contribution in [2.24, 2.45) is 0 Å². The van der Waals surface area contributed by atoms with Gasteiger partial charge in [0, 0.05) is 33.2 Å². The highest BCUT2D eigenvalue weighted by atomic mass is 35.5. The van der Waals surface area contributed by atoms with Crippen molar-refractivity contribution in [1.82, 2.24) is 0 Å². The summed E-state index contributed by atoms with van der Waals surface area (Å²) in [5.41, 5.74) is 10.9. The Labute approximate surface area is 196 Å². The first-order valence-electron chi connectivity index (χ1n) is 11.4. The van der Waals surface area contributed by atoms with Crippen molar-refractivity contribution in [3.63, 3.8) is 0 Å². The van der Waals surface area contributed by atoms with Gasteiger partial charge in [0.25, 0.3) is 0 Å². The Morgan fingerprint density at radius 3 is 2.19 bits per heavy atom. The van der Waals surface area contributed by atoms with Gasteiger partial charge in [0.1, 0.15) is 0 Å². The van der Waals surface area contributed by atoms with Crippen molar-refractivity contribution in [2.75, 3.05) is 0 Å². The van der Waals surface area contributed by atoms with Gasteiger partial charge in [0.2, 0.25) is 5.69 Å². The number of pyridine rings is 1. The van der Waals surface area contributed by atoms with E-state index in [0.29, 0.717) is 0 Å². The van der Waals surface area contributed by atoms with E-state index in [4.69, 9.17) is 11.6 Å². The molecule has 0 fully saturated rings. The minimum absolute atomic E-state index is 0.00260. The molecule has 160 valence electrons. The van der Waals surface area contributed by atoms with Gasteiger partial charge in [-0.2, -0.15) is 4.57 Å². The summed E-state index contributed by atoms with van der Waals surface area (Å²) in [6.45, 7) is 7.78. The average Bonchev–Trinajstić information content (AvgIpc) is 2.80. The number of rotatable bonds is 3. The Morgan fingerprint density at radius 2 is 1.47 bits per heavy atom.